The minimum absolute atomic E-state index is 0.137. The van der Waals surface area contributed by atoms with E-state index in [1.54, 1.807) is 31.5 Å². The zero-order chi connectivity index (χ0) is 17.1. The third-order valence-corrected chi connectivity index (χ3v) is 3.83. The van der Waals surface area contributed by atoms with E-state index in [1.165, 1.54) is 6.92 Å². The van der Waals surface area contributed by atoms with E-state index in [0.29, 0.717) is 16.4 Å². The normalized spacial score (nSPS) is 10.5. The fraction of sp³-hybridized carbons (Fsp3) is 0.111. The van der Waals surface area contributed by atoms with Gasteiger partial charge >= 0.3 is 0 Å². The van der Waals surface area contributed by atoms with Crippen molar-refractivity contribution in [2.75, 3.05) is 17.7 Å². The van der Waals surface area contributed by atoms with Crippen LogP contribution in [0.1, 0.15) is 6.92 Å². The van der Waals surface area contributed by atoms with Crippen LogP contribution in [0, 0.1) is 0 Å². The first kappa shape index (κ1) is 16.1. The van der Waals surface area contributed by atoms with Gasteiger partial charge in [0.25, 0.3) is 0 Å². The molecule has 5 nitrogen and oxygen atoms in total. The maximum Gasteiger partial charge on any atom is 0.221 e. The van der Waals surface area contributed by atoms with Crippen molar-refractivity contribution in [2.45, 2.75) is 6.92 Å². The maximum absolute atomic E-state index is 11.2. The number of methoxy groups -OCH3 is 1. The third-order valence-electron chi connectivity index (χ3n) is 3.50. The lowest BCUT2D eigenvalue weighted by Gasteiger charge is -2.13. The van der Waals surface area contributed by atoms with E-state index in [1.807, 2.05) is 24.3 Å². The first-order valence-electron chi connectivity index (χ1n) is 7.34. The molecule has 0 radical (unpaired) electrons. The molecule has 3 aromatic rings. The van der Waals surface area contributed by atoms with Gasteiger partial charge in [-0.3, -0.25) is 9.78 Å². The average Bonchev–Trinajstić information content (AvgIpc) is 2.57. The minimum Gasteiger partial charge on any atom is -0.497 e. The first-order chi connectivity index (χ1) is 11.6. The van der Waals surface area contributed by atoms with Crippen LogP contribution in [0.2, 0.25) is 5.02 Å². The van der Waals surface area contributed by atoms with E-state index in [9.17, 15) is 4.79 Å². The van der Waals surface area contributed by atoms with Crippen LogP contribution < -0.4 is 15.4 Å². The summed E-state index contributed by atoms with van der Waals surface area (Å²) in [6, 6.07) is 12.8. The number of benzene rings is 2. The van der Waals surface area contributed by atoms with Crippen LogP contribution in [-0.2, 0) is 4.79 Å². The molecule has 0 atom stereocenters. The largest absolute Gasteiger partial charge is 0.497 e. The van der Waals surface area contributed by atoms with Crippen LogP contribution >= 0.6 is 11.6 Å². The summed E-state index contributed by atoms with van der Waals surface area (Å²) in [5.41, 5.74) is 3.05. The molecular formula is C18H16ClN3O2. The highest BCUT2D eigenvalue weighted by molar-refractivity contribution is 6.33. The number of fused-ring (bicyclic) bond motifs is 1. The molecule has 122 valence electrons. The van der Waals surface area contributed by atoms with Crippen molar-refractivity contribution in [1.29, 1.82) is 0 Å². The van der Waals surface area contributed by atoms with E-state index >= 15 is 0 Å². The molecule has 2 aromatic carbocycles. The third kappa shape index (κ3) is 3.41. The fourth-order valence-corrected chi connectivity index (χ4v) is 2.57. The Morgan fingerprint density at radius 1 is 1.12 bits per heavy atom. The van der Waals surface area contributed by atoms with Gasteiger partial charge in [-0.2, -0.15) is 0 Å². The van der Waals surface area contributed by atoms with E-state index < -0.39 is 0 Å². The highest BCUT2D eigenvalue weighted by Gasteiger charge is 2.08. The first-order valence-corrected chi connectivity index (χ1v) is 7.71. The van der Waals surface area contributed by atoms with Crippen molar-refractivity contribution >= 4 is 45.5 Å². The summed E-state index contributed by atoms with van der Waals surface area (Å²) in [5, 5.41) is 7.51. The lowest BCUT2D eigenvalue weighted by atomic mass is 10.1. The van der Waals surface area contributed by atoms with Crippen molar-refractivity contribution in [3.05, 3.63) is 53.7 Å². The molecular weight excluding hydrogens is 326 g/mol. The Hall–Kier alpha value is -2.79. The number of amides is 1. The molecule has 24 heavy (non-hydrogen) atoms. The van der Waals surface area contributed by atoms with Gasteiger partial charge in [0.15, 0.2) is 0 Å². The van der Waals surface area contributed by atoms with Crippen LogP contribution in [0.15, 0.2) is 48.7 Å². The summed E-state index contributed by atoms with van der Waals surface area (Å²) in [4.78, 5) is 15.6. The van der Waals surface area contributed by atoms with Crippen molar-refractivity contribution in [3.8, 4) is 5.75 Å². The molecule has 1 heterocycles. The van der Waals surface area contributed by atoms with Crippen molar-refractivity contribution in [3.63, 3.8) is 0 Å². The number of nitrogens with zero attached hydrogens (tertiary/aromatic N) is 1. The van der Waals surface area contributed by atoms with Gasteiger partial charge in [0.1, 0.15) is 5.75 Å². The van der Waals surface area contributed by atoms with Crippen LogP contribution in [0.25, 0.3) is 10.9 Å². The zero-order valence-corrected chi connectivity index (χ0v) is 14.0. The molecule has 0 spiro atoms. The molecule has 0 saturated heterocycles. The van der Waals surface area contributed by atoms with Crippen LogP contribution in [0.3, 0.4) is 0 Å². The standard InChI is InChI=1S/C18H16ClN3O2/c1-11(23)21-12-3-5-15(19)18(9-12)22-17-7-8-20-16-6-4-13(24-2)10-14(16)17/h3-10H,1-2H3,(H,20,22)(H,21,23). The lowest BCUT2D eigenvalue weighted by Crippen LogP contribution is -2.06. The van der Waals surface area contributed by atoms with Crippen molar-refractivity contribution in [2.24, 2.45) is 0 Å². The minimum atomic E-state index is -0.137. The molecule has 1 aromatic heterocycles. The van der Waals surface area contributed by atoms with Gasteiger partial charge < -0.3 is 15.4 Å². The zero-order valence-electron chi connectivity index (χ0n) is 13.3. The molecule has 1 amide bonds. The van der Waals surface area contributed by atoms with Crippen LogP contribution in [-0.4, -0.2) is 18.0 Å². The number of rotatable bonds is 4. The summed E-state index contributed by atoms with van der Waals surface area (Å²) in [7, 11) is 1.62. The van der Waals surface area contributed by atoms with Crippen molar-refractivity contribution in [1.82, 2.24) is 4.98 Å². The van der Waals surface area contributed by atoms with Gasteiger partial charge in [-0.1, -0.05) is 11.6 Å². The Balaban J connectivity index is 2.02. The Morgan fingerprint density at radius 2 is 1.96 bits per heavy atom. The predicted octanol–water partition coefficient (Wildman–Crippen LogP) is 4.60. The second kappa shape index (κ2) is 6.76. The molecule has 2 N–H and O–H groups in total. The smallest absolute Gasteiger partial charge is 0.221 e. The van der Waals surface area contributed by atoms with E-state index in [2.05, 4.69) is 15.6 Å². The molecule has 6 heteroatoms. The quantitative estimate of drug-likeness (QED) is 0.728. The lowest BCUT2D eigenvalue weighted by molar-refractivity contribution is -0.114. The topological polar surface area (TPSA) is 63.2 Å². The highest BCUT2D eigenvalue weighted by Crippen LogP contribution is 2.32. The van der Waals surface area contributed by atoms with E-state index in [0.717, 1.165) is 22.3 Å². The fourth-order valence-electron chi connectivity index (χ4n) is 2.41. The van der Waals surface area contributed by atoms with Gasteiger partial charge in [0, 0.05) is 29.9 Å². The van der Waals surface area contributed by atoms with Gasteiger partial charge in [-0.05, 0) is 42.5 Å². The number of ether oxygens (including phenoxy) is 1. The summed E-state index contributed by atoms with van der Waals surface area (Å²) < 4.78 is 5.28. The van der Waals surface area contributed by atoms with E-state index in [4.69, 9.17) is 16.3 Å². The van der Waals surface area contributed by atoms with Gasteiger partial charge in [0.05, 0.1) is 23.3 Å². The summed E-state index contributed by atoms with van der Waals surface area (Å²) in [5.74, 6) is 0.610. The molecule has 0 bridgehead atoms. The second-order valence-corrected chi connectivity index (χ2v) is 5.65. The van der Waals surface area contributed by atoms with Crippen molar-refractivity contribution < 1.29 is 9.53 Å². The number of anilines is 3. The van der Waals surface area contributed by atoms with Gasteiger partial charge in [-0.15, -0.1) is 0 Å². The predicted molar refractivity (Wildman–Crippen MR) is 97.3 cm³/mol. The number of hydrogen-bond acceptors (Lipinski definition) is 4. The highest BCUT2D eigenvalue weighted by atomic mass is 35.5. The molecule has 3 rings (SSSR count). The maximum atomic E-state index is 11.2. The Bertz CT molecular complexity index is 912. The van der Waals surface area contributed by atoms with Crippen LogP contribution in [0.5, 0.6) is 5.75 Å². The number of halogens is 1. The van der Waals surface area contributed by atoms with E-state index in [-0.39, 0.29) is 5.91 Å². The number of carbonyl (C=O) groups excluding carboxylic acids is 1. The van der Waals surface area contributed by atoms with Gasteiger partial charge in [0.2, 0.25) is 5.91 Å². The second-order valence-electron chi connectivity index (χ2n) is 5.24. The summed E-state index contributed by atoms with van der Waals surface area (Å²) in [6.07, 6.45) is 1.72. The van der Waals surface area contributed by atoms with Gasteiger partial charge in [-0.25, -0.2) is 0 Å². The number of nitrogens with one attached hydrogen (secondary N) is 2. The SMILES string of the molecule is COc1ccc2nccc(Nc3cc(NC(C)=O)ccc3Cl)c2c1. The van der Waals surface area contributed by atoms with Crippen LogP contribution in [0.4, 0.5) is 17.1 Å². The molecule has 0 aliphatic rings. The number of aromatic nitrogens is 1. The molecule has 0 saturated carbocycles. The average molecular weight is 342 g/mol. The Labute approximate surface area is 144 Å². The monoisotopic (exact) mass is 341 g/mol. The molecule has 0 aliphatic carbocycles. The summed E-state index contributed by atoms with van der Waals surface area (Å²) >= 11 is 6.28. The Kier molecular flexibility index (Phi) is 4.53. The molecule has 0 unspecified atom stereocenters. The molecule has 0 aliphatic heterocycles. The number of pyridine rings is 1. The molecule has 0 fully saturated rings. The number of carbonyl (C=O) groups is 1. The summed E-state index contributed by atoms with van der Waals surface area (Å²) in [6.45, 7) is 1.46. The number of hydrogen-bond donors (Lipinski definition) is 2. The Morgan fingerprint density at radius 3 is 2.71 bits per heavy atom.